The molecule has 0 saturated carbocycles. The van der Waals surface area contributed by atoms with Gasteiger partial charge in [-0.3, -0.25) is 4.79 Å². The number of hydrogen-bond acceptors (Lipinski definition) is 2. The first-order valence-electron chi connectivity index (χ1n) is 6.15. The molecule has 1 amide bonds. The Kier molecular flexibility index (Phi) is 3.39. The third-order valence-corrected chi connectivity index (χ3v) is 3.24. The Morgan fingerprint density at radius 3 is 3.00 bits per heavy atom. The molecule has 0 bridgehead atoms. The Labute approximate surface area is 120 Å². The molecule has 3 aromatic rings. The molecule has 1 aromatic carbocycles. The number of benzene rings is 1. The van der Waals surface area contributed by atoms with Crippen LogP contribution in [0.2, 0.25) is 0 Å². The van der Waals surface area contributed by atoms with E-state index in [0.717, 1.165) is 27.8 Å². The van der Waals surface area contributed by atoms with Crippen molar-refractivity contribution in [2.75, 3.05) is 11.2 Å². The third-order valence-electron chi connectivity index (χ3n) is 3.00. The largest absolute Gasteiger partial charge is 0.346 e. The summed E-state index contributed by atoms with van der Waals surface area (Å²) < 4.78 is 0. The average Bonchev–Trinajstić information content (AvgIpc) is 2.94. The molecule has 0 radical (unpaired) electrons. The number of halogens is 1. The maximum absolute atomic E-state index is 11.3. The van der Waals surface area contributed by atoms with Crippen molar-refractivity contribution in [3.05, 3.63) is 48.8 Å². The van der Waals surface area contributed by atoms with Crippen LogP contribution in [-0.4, -0.2) is 21.8 Å². The molecule has 3 rings (SSSR count). The molecule has 0 spiro atoms. The summed E-state index contributed by atoms with van der Waals surface area (Å²) >= 11 is 5.49. The van der Waals surface area contributed by atoms with Crippen molar-refractivity contribution in [3.63, 3.8) is 0 Å². The molecule has 0 aliphatic carbocycles. The molecule has 5 heteroatoms. The fourth-order valence-electron chi connectivity index (χ4n) is 2.07. The minimum Gasteiger partial charge on any atom is -0.346 e. The summed E-state index contributed by atoms with van der Waals surface area (Å²) in [6.45, 7) is 0. The number of amides is 1. The lowest BCUT2D eigenvalue weighted by molar-refractivity contribution is -0.113. The number of nitrogens with one attached hydrogen (secondary N) is 2. The van der Waals surface area contributed by atoms with Crippen LogP contribution in [0, 0.1) is 0 Å². The van der Waals surface area contributed by atoms with Gasteiger partial charge in [0.1, 0.15) is 11.5 Å². The van der Waals surface area contributed by atoms with E-state index in [2.05, 4.69) is 21.4 Å². The van der Waals surface area contributed by atoms with Crippen LogP contribution in [0.3, 0.4) is 0 Å². The Hall–Kier alpha value is -2.33. The molecule has 2 N–H and O–H groups in total. The summed E-state index contributed by atoms with van der Waals surface area (Å²) in [5, 5.41) is 3.79. The van der Waals surface area contributed by atoms with Crippen LogP contribution < -0.4 is 5.32 Å². The van der Waals surface area contributed by atoms with E-state index < -0.39 is 0 Å². The van der Waals surface area contributed by atoms with Gasteiger partial charge in [0, 0.05) is 29.0 Å². The summed E-state index contributed by atoms with van der Waals surface area (Å²) in [5.74, 6) is -0.274. The second kappa shape index (κ2) is 5.35. The summed E-state index contributed by atoms with van der Waals surface area (Å²) in [6.07, 6.45) is 3.67. The Bertz CT molecular complexity index is 766. The van der Waals surface area contributed by atoms with Gasteiger partial charge in [-0.05, 0) is 29.8 Å². The number of rotatable bonds is 3. The quantitative estimate of drug-likeness (QED) is 0.725. The number of alkyl halides is 1. The number of pyridine rings is 1. The van der Waals surface area contributed by atoms with E-state index in [1.54, 1.807) is 6.20 Å². The minimum absolute atomic E-state index is 0.0545. The molecule has 0 unspecified atom stereocenters. The molecule has 2 heterocycles. The number of carbonyl (C=O) groups is 1. The number of nitrogens with zero attached hydrogens (tertiary/aromatic N) is 1. The lowest BCUT2D eigenvalue weighted by atomic mass is 10.1. The van der Waals surface area contributed by atoms with E-state index in [9.17, 15) is 4.79 Å². The summed E-state index contributed by atoms with van der Waals surface area (Å²) in [6, 6.07) is 11.6. The van der Waals surface area contributed by atoms with Gasteiger partial charge in [-0.15, -0.1) is 11.6 Å². The molecular weight excluding hydrogens is 274 g/mol. The monoisotopic (exact) mass is 285 g/mol. The molecule has 0 fully saturated rings. The van der Waals surface area contributed by atoms with E-state index in [1.165, 1.54) is 0 Å². The van der Waals surface area contributed by atoms with Crippen molar-refractivity contribution in [1.82, 2.24) is 9.97 Å². The van der Waals surface area contributed by atoms with E-state index in [0.29, 0.717) is 0 Å². The second-order valence-corrected chi connectivity index (χ2v) is 4.67. The number of aromatic amines is 1. The van der Waals surface area contributed by atoms with Crippen molar-refractivity contribution < 1.29 is 4.79 Å². The SMILES string of the molecule is O=C(CCl)Nc1cccc(-c2cnc3[nH]ccc3c2)c1. The van der Waals surface area contributed by atoms with E-state index in [-0.39, 0.29) is 11.8 Å². The van der Waals surface area contributed by atoms with Crippen LogP contribution in [0.5, 0.6) is 0 Å². The maximum Gasteiger partial charge on any atom is 0.239 e. The third kappa shape index (κ3) is 2.51. The molecular formula is C15H12ClN3O. The standard InChI is InChI=1S/C15H12ClN3O/c16-8-14(20)19-13-3-1-2-10(7-13)12-6-11-4-5-17-15(11)18-9-12/h1-7,9H,8H2,(H,17,18)(H,19,20). The number of anilines is 1. The number of H-pyrrole nitrogens is 1. The summed E-state index contributed by atoms with van der Waals surface area (Å²) in [7, 11) is 0. The number of carbonyl (C=O) groups excluding carboxylic acids is 1. The fraction of sp³-hybridized carbons (Fsp3) is 0.0667. The maximum atomic E-state index is 11.3. The van der Waals surface area contributed by atoms with Gasteiger partial charge < -0.3 is 10.3 Å². The van der Waals surface area contributed by atoms with Crippen molar-refractivity contribution in [2.24, 2.45) is 0 Å². The smallest absolute Gasteiger partial charge is 0.239 e. The lowest BCUT2D eigenvalue weighted by Gasteiger charge is -2.06. The topological polar surface area (TPSA) is 57.8 Å². The van der Waals surface area contributed by atoms with Gasteiger partial charge in [0.05, 0.1) is 0 Å². The highest BCUT2D eigenvalue weighted by atomic mass is 35.5. The second-order valence-electron chi connectivity index (χ2n) is 4.40. The number of hydrogen-bond donors (Lipinski definition) is 2. The van der Waals surface area contributed by atoms with Crippen LogP contribution in [0.1, 0.15) is 0 Å². The minimum atomic E-state index is -0.219. The van der Waals surface area contributed by atoms with Gasteiger partial charge in [0.25, 0.3) is 0 Å². The zero-order valence-electron chi connectivity index (χ0n) is 10.6. The predicted octanol–water partition coefficient (Wildman–Crippen LogP) is 3.41. The molecule has 20 heavy (non-hydrogen) atoms. The zero-order valence-corrected chi connectivity index (χ0v) is 11.3. The molecule has 0 aliphatic rings. The Balaban J connectivity index is 1.96. The molecule has 0 atom stereocenters. The highest BCUT2D eigenvalue weighted by Crippen LogP contribution is 2.24. The van der Waals surface area contributed by atoms with Gasteiger partial charge in [0.15, 0.2) is 0 Å². The van der Waals surface area contributed by atoms with Crippen molar-refractivity contribution >= 4 is 34.2 Å². The van der Waals surface area contributed by atoms with Crippen LogP contribution in [0.15, 0.2) is 48.8 Å². The van der Waals surface area contributed by atoms with E-state index >= 15 is 0 Å². The van der Waals surface area contributed by atoms with E-state index in [4.69, 9.17) is 11.6 Å². The van der Waals surface area contributed by atoms with Crippen molar-refractivity contribution in [2.45, 2.75) is 0 Å². The van der Waals surface area contributed by atoms with Crippen LogP contribution in [-0.2, 0) is 4.79 Å². The number of fused-ring (bicyclic) bond motifs is 1. The first kappa shape index (κ1) is 12.7. The zero-order chi connectivity index (χ0) is 13.9. The first-order chi connectivity index (χ1) is 9.76. The van der Waals surface area contributed by atoms with Crippen LogP contribution in [0.25, 0.3) is 22.2 Å². The highest BCUT2D eigenvalue weighted by Gasteiger charge is 2.04. The lowest BCUT2D eigenvalue weighted by Crippen LogP contribution is -2.12. The molecule has 100 valence electrons. The normalized spacial score (nSPS) is 10.7. The van der Waals surface area contributed by atoms with Crippen LogP contribution in [0.4, 0.5) is 5.69 Å². The molecule has 2 aromatic heterocycles. The van der Waals surface area contributed by atoms with Gasteiger partial charge in [-0.2, -0.15) is 0 Å². The molecule has 4 nitrogen and oxygen atoms in total. The Morgan fingerprint density at radius 1 is 1.25 bits per heavy atom. The van der Waals surface area contributed by atoms with Crippen molar-refractivity contribution in [1.29, 1.82) is 0 Å². The first-order valence-corrected chi connectivity index (χ1v) is 6.69. The summed E-state index contributed by atoms with van der Waals surface area (Å²) in [4.78, 5) is 18.7. The summed E-state index contributed by atoms with van der Waals surface area (Å²) in [5.41, 5.74) is 3.58. The Morgan fingerprint density at radius 2 is 2.15 bits per heavy atom. The van der Waals surface area contributed by atoms with Crippen molar-refractivity contribution in [3.8, 4) is 11.1 Å². The predicted molar refractivity (Wildman–Crippen MR) is 80.9 cm³/mol. The highest BCUT2D eigenvalue weighted by molar-refractivity contribution is 6.29. The van der Waals surface area contributed by atoms with Gasteiger partial charge >= 0.3 is 0 Å². The fourth-order valence-corrected chi connectivity index (χ4v) is 2.14. The van der Waals surface area contributed by atoms with Crippen LogP contribution >= 0.6 is 11.6 Å². The van der Waals surface area contributed by atoms with Gasteiger partial charge in [0.2, 0.25) is 5.91 Å². The van der Waals surface area contributed by atoms with Gasteiger partial charge in [-0.1, -0.05) is 12.1 Å². The average molecular weight is 286 g/mol. The molecule has 0 saturated heterocycles. The van der Waals surface area contributed by atoms with Gasteiger partial charge in [-0.25, -0.2) is 4.98 Å². The molecule has 0 aliphatic heterocycles. The number of aromatic nitrogens is 2. The van der Waals surface area contributed by atoms with E-state index in [1.807, 2.05) is 36.5 Å².